The Morgan fingerprint density at radius 2 is 2.20 bits per heavy atom. The van der Waals surface area contributed by atoms with Crippen LogP contribution in [0.3, 0.4) is 0 Å². The third-order valence-electron chi connectivity index (χ3n) is 2.73. The zero-order chi connectivity index (χ0) is 14.7. The van der Waals surface area contributed by atoms with Gasteiger partial charge in [-0.15, -0.1) is 11.3 Å². The van der Waals surface area contributed by atoms with Gasteiger partial charge < -0.3 is 11.1 Å². The lowest BCUT2D eigenvalue weighted by Gasteiger charge is -2.14. The summed E-state index contributed by atoms with van der Waals surface area (Å²) in [4.78, 5) is 15.8. The van der Waals surface area contributed by atoms with Crippen molar-refractivity contribution in [3.8, 4) is 0 Å². The highest BCUT2D eigenvalue weighted by atomic mass is 32.1. The van der Waals surface area contributed by atoms with Crippen LogP contribution in [0.4, 0.5) is 13.9 Å². The summed E-state index contributed by atoms with van der Waals surface area (Å²) in [6.07, 6.45) is 0.0989. The molecular weight excluding hydrogens is 284 g/mol. The normalized spacial score (nSPS) is 12.2. The lowest BCUT2D eigenvalue weighted by Crippen LogP contribution is -2.28. The number of nitrogen functional groups attached to an aromatic ring is 1. The minimum atomic E-state index is -0.934. The molecule has 0 aliphatic carbocycles. The number of anilines is 1. The van der Waals surface area contributed by atoms with Crippen molar-refractivity contribution in [2.45, 2.75) is 19.4 Å². The Morgan fingerprint density at radius 1 is 1.45 bits per heavy atom. The van der Waals surface area contributed by atoms with E-state index >= 15 is 0 Å². The Balaban J connectivity index is 1.98. The van der Waals surface area contributed by atoms with E-state index in [9.17, 15) is 13.6 Å². The molecule has 7 heteroatoms. The fourth-order valence-corrected chi connectivity index (χ4v) is 2.29. The zero-order valence-electron chi connectivity index (χ0n) is 10.7. The molecule has 0 spiro atoms. The Kier molecular flexibility index (Phi) is 4.29. The summed E-state index contributed by atoms with van der Waals surface area (Å²) < 4.78 is 25.9. The van der Waals surface area contributed by atoms with Gasteiger partial charge in [0.15, 0.2) is 16.8 Å². The number of hydrogen-bond acceptors (Lipinski definition) is 4. The standard InChI is InChI=1S/C13H13F2N3OS/c1-7(8-2-3-10(14)11(15)4-8)17-12(19)5-9-6-20-13(16)18-9/h2-4,6-7H,5H2,1H3,(H2,16,18)(H,17,19). The van der Waals surface area contributed by atoms with Crippen molar-refractivity contribution in [3.63, 3.8) is 0 Å². The molecular formula is C13H13F2N3OS. The minimum Gasteiger partial charge on any atom is -0.375 e. The third kappa shape index (κ3) is 3.51. The van der Waals surface area contributed by atoms with Crippen LogP contribution in [-0.4, -0.2) is 10.9 Å². The Bertz CT molecular complexity index is 630. The van der Waals surface area contributed by atoms with E-state index in [0.29, 0.717) is 16.4 Å². The number of amides is 1. The summed E-state index contributed by atoms with van der Waals surface area (Å²) in [5, 5.41) is 4.81. The second-order valence-corrected chi connectivity index (χ2v) is 5.21. The van der Waals surface area contributed by atoms with Gasteiger partial charge in [0.05, 0.1) is 18.2 Å². The molecule has 20 heavy (non-hydrogen) atoms. The van der Waals surface area contributed by atoms with E-state index in [4.69, 9.17) is 5.73 Å². The Hall–Kier alpha value is -2.02. The highest BCUT2D eigenvalue weighted by molar-refractivity contribution is 7.13. The topological polar surface area (TPSA) is 68.0 Å². The maximum Gasteiger partial charge on any atom is 0.226 e. The number of hydrogen-bond donors (Lipinski definition) is 2. The van der Waals surface area contributed by atoms with Gasteiger partial charge in [-0.1, -0.05) is 6.07 Å². The first kappa shape index (κ1) is 14.4. The van der Waals surface area contributed by atoms with Crippen molar-refractivity contribution in [1.29, 1.82) is 0 Å². The van der Waals surface area contributed by atoms with E-state index in [1.807, 2.05) is 0 Å². The molecule has 0 radical (unpaired) electrons. The number of thiazole rings is 1. The quantitative estimate of drug-likeness (QED) is 0.910. The van der Waals surface area contributed by atoms with Gasteiger partial charge >= 0.3 is 0 Å². The molecule has 2 rings (SSSR count). The average Bonchev–Trinajstić information content (AvgIpc) is 2.77. The first-order valence-electron chi connectivity index (χ1n) is 5.90. The van der Waals surface area contributed by atoms with Crippen LogP contribution in [0.2, 0.25) is 0 Å². The van der Waals surface area contributed by atoms with Crippen LogP contribution in [-0.2, 0) is 11.2 Å². The predicted molar refractivity (Wildman–Crippen MR) is 73.1 cm³/mol. The molecule has 1 heterocycles. The smallest absolute Gasteiger partial charge is 0.226 e. The second kappa shape index (κ2) is 5.96. The average molecular weight is 297 g/mol. The fourth-order valence-electron chi connectivity index (χ4n) is 1.73. The molecule has 4 nitrogen and oxygen atoms in total. The van der Waals surface area contributed by atoms with Gasteiger partial charge in [0, 0.05) is 5.38 Å². The van der Waals surface area contributed by atoms with Crippen molar-refractivity contribution in [3.05, 3.63) is 46.5 Å². The van der Waals surface area contributed by atoms with E-state index in [2.05, 4.69) is 10.3 Å². The summed E-state index contributed by atoms with van der Waals surface area (Å²) in [6.45, 7) is 1.69. The monoisotopic (exact) mass is 297 g/mol. The molecule has 0 bridgehead atoms. The number of nitrogens with two attached hydrogens (primary N) is 1. The number of aromatic nitrogens is 1. The molecule has 0 aliphatic rings. The zero-order valence-corrected chi connectivity index (χ0v) is 11.5. The van der Waals surface area contributed by atoms with Crippen molar-refractivity contribution < 1.29 is 13.6 Å². The summed E-state index contributed by atoms with van der Waals surface area (Å²) in [5.74, 6) is -2.10. The third-order valence-corrected chi connectivity index (χ3v) is 3.46. The summed E-state index contributed by atoms with van der Waals surface area (Å²) in [5.41, 5.74) is 6.56. The molecule has 1 amide bonds. The molecule has 3 N–H and O–H groups in total. The van der Waals surface area contributed by atoms with E-state index < -0.39 is 17.7 Å². The van der Waals surface area contributed by atoms with E-state index in [1.54, 1.807) is 12.3 Å². The highest BCUT2D eigenvalue weighted by Gasteiger charge is 2.13. The number of nitrogens with zero attached hydrogens (tertiary/aromatic N) is 1. The molecule has 1 unspecified atom stereocenters. The van der Waals surface area contributed by atoms with Crippen LogP contribution in [0.25, 0.3) is 0 Å². The number of rotatable bonds is 4. The Morgan fingerprint density at radius 3 is 2.80 bits per heavy atom. The first-order valence-corrected chi connectivity index (χ1v) is 6.78. The SMILES string of the molecule is CC(NC(=O)Cc1csc(N)n1)c1ccc(F)c(F)c1. The van der Waals surface area contributed by atoms with Crippen molar-refractivity contribution >= 4 is 22.4 Å². The largest absolute Gasteiger partial charge is 0.375 e. The molecule has 2 aromatic rings. The highest BCUT2D eigenvalue weighted by Crippen LogP contribution is 2.16. The lowest BCUT2D eigenvalue weighted by atomic mass is 10.1. The van der Waals surface area contributed by atoms with E-state index in [1.165, 1.54) is 17.4 Å². The number of carbonyl (C=O) groups excluding carboxylic acids is 1. The van der Waals surface area contributed by atoms with Gasteiger partial charge in [0.1, 0.15) is 0 Å². The van der Waals surface area contributed by atoms with Gasteiger partial charge in [-0.05, 0) is 24.6 Å². The maximum atomic E-state index is 13.1. The van der Waals surface area contributed by atoms with Crippen molar-refractivity contribution in [2.24, 2.45) is 0 Å². The van der Waals surface area contributed by atoms with Crippen LogP contribution in [0.1, 0.15) is 24.2 Å². The second-order valence-electron chi connectivity index (χ2n) is 4.32. The number of nitrogens with one attached hydrogen (secondary N) is 1. The number of halogens is 2. The Labute approximate surface area is 118 Å². The maximum absolute atomic E-state index is 13.1. The van der Waals surface area contributed by atoms with Gasteiger partial charge in [0.2, 0.25) is 5.91 Å². The summed E-state index contributed by atoms with van der Waals surface area (Å²) >= 11 is 1.26. The van der Waals surface area contributed by atoms with Crippen molar-refractivity contribution in [1.82, 2.24) is 10.3 Å². The van der Waals surface area contributed by atoms with Gasteiger partial charge in [-0.2, -0.15) is 0 Å². The summed E-state index contributed by atoms with van der Waals surface area (Å²) in [6, 6.07) is 3.12. The van der Waals surface area contributed by atoms with Gasteiger partial charge in [0.25, 0.3) is 0 Å². The fraction of sp³-hybridized carbons (Fsp3) is 0.231. The molecule has 1 aromatic heterocycles. The van der Waals surface area contributed by atoms with Gasteiger partial charge in [-0.25, -0.2) is 13.8 Å². The minimum absolute atomic E-state index is 0.0989. The molecule has 106 valence electrons. The van der Waals surface area contributed by atoms with Crippen LogP contribution in [0, 0.1) is 11.6 Å². The molecule has 0 saturated carbocycles. The van der Waals surface area contributed by atoms with Crippen LogP contribution in [0.5, 0.6) is 0 Å². The lowest BCUT2D eigenvalue weighted by molar-refractivity contribution is -0.121. The number of benzene rings is 1. The van der Waals surface area contributed by atoms with Gasteiger partial charge in [-0.3, -0.25) is 4.79 Å². The predicted octanol–water partition coefficient (Wildman–Crippen LogP) is 2.42. The van der Waals surface area contributed by atoms with E-state index in [0.717, 1.165) is 12.1 Å². The van der Waals surface area contributed by atoms with Crippen LogP contribution >= 0.6 is 11.3 Å². The first-order chi connectivity index (χ1) is 9.45. The molecule has 1 atom stereocenters. The van der Waals surface area contributed by atoms with Crippen molar-refractivity contribution in [2.75, 3.05) is 5.73 Å². The molecule has 0 aliphatic heterocycles. The van der Waals surface area contributed by atoms with Crippen LogP contribution in [0.15, 0.2) is 23.6 Å². The molecule has 0 saturated heterocycles. The molecule has 1 aromatic carbocycles. The number of carbonyl (C=O) groups is 1. The van der Waals surface area contributed by atoms with Crippen LogP contribution < -0.4 is 11.1 Å². The van der Waals surface area contributed by atoms with E-state index in [-0.39, 0.29) is 12.3 Å². The molecule has 0 fully saturated rings. The summed E-state index contributed by atoms with van der Waals surface area (Å²) in [7, 11) is 0.